The molecule has 18 heavy (non-hydrogen) atoms. The van der Waals surface area contributed by atoms with Crippen LogP contribution in [0.5, 0.6) is 0 Å². The number of hydrogen-bond acceptors (Lipinski definition) is 4. The molecule has 1 rings (SSSR count). The number of nitrogens with one attached hydrogen (secondary N) is 1. The average Bonchev–Trinajstić information content (AvgIpc) is 3.13. The molecule has 0 radical (unpaired) electrons. The van der Waals surface area contributed by atoms with E-state index in [9.17, 15) is 4.79 Å². The summed E-state index contributed by atoms with van der Waals surface area (Å²) in [5, 5.41) is 6.74. The summed E-state index contributed by atoms with van der Waals surface area (Å²) in [4.78, 5) is 17.0. The van der Waals surface area contributed by atoms with Gasteiger partial charge in [-0.15, -0.1) is 0 Å². The smallest absolute Gasteiger partial charge is 0.269 e. The molecule has 1 amide bonds. The molecular formula is C13H24N2O3. The van der Waals surface area contributed by atoms with Crippen molar-refractivity contribution in [3.8, 4) is 0 Å². The van der Waals surface area contributed by atoms with Crippen LogP contribution in [0.3, 0.4) is 0 Å². The van der Waals surface area contributed by atoms with Crippen LogP contribution in [0.2, 0.25) is 0 Å². The van der Waals surface area contributed by atoms with Gasteiger partial charge in [0.2, 0.25) is 0 Å². The highest BCUT2D eigenvalue weighted by molar-refractivity contribution is 6.38. The van der Waals surface area contributed by atoms with Gasteiger partial charge in [-0.3, -0.25) is 4.79 Å². The Morgan fingerprint density at radius 1 is 1.50 bits per heavy atom. The van der Waals surface area contributed by atoms with E-state index >= 15 is 0 Å². The van der Waals surface area contributed by atoms with Gasteiger partial charge >= 0.3 is 0 Å². The molecule has 1 atom stereocenters. The summed E-state index contributed by atoms with van der Waals surface area (Å²) >= 11 is 0. The molecule has 1 aliphatic carbocycles. The second kappa shape index (κ2) is 8.08. The molecule has 5 heteroatoms. The van der Waals surface area contributed by atoms with Gasteiger partial charge in [-0.25, -0.2) is 0 Å². The normalized spacial score (nSPS) is 17.4. The first kappa shape index (κ1) is 15.0. The third-order valence-electron chi connectivity index (χ3n) is 2.88. The van der Waals surface area contributed by atoms with Gasteiger partial charge < -0.3 is 14.9 Å². The van der Waals surface area contributed by atoms with Crippen molar-refractivity contribution in [3.63, 3.8) is 0 Å². The summed E-state index contributed by atoms with van der Waals surface area (Å²) in [6.07, 6.45) is 4.22. The lowest BCUT2D eigenvalue weighted by atomic mass is 10.2. The van der Waals surface area contributed by atoms with Crippen LogP contribution in [0, 0.1) is 5.92 Å². The summed E-state index contributed by atoms with van der Waals surface area (Å²) in [5.74, 6) is 0.648. The SMILES string of the molecule is CC/C(=N\OCCC1CC1)C(=O)NC(C)COC. The molecular weight excluding hydrogens is 232 g/mol. The van der Waals surface area contributed by atoms with Crippen molar-refractivity contribution in [2.45, 2.75) is 45.6 Å². The fourth-order valence-electron chi connectivity index (χ4n) is 1.61. The van der Waals surface area contributed by atoms with Gasteiger partial charge in [-0.2, -0.15) is 0 Å². The predicted octanol–water partition coefficient (Wildman–Crippen LogP) is 1.72. The molecule has 0 aromatic rings. The van der Waals surface area contributed by atoms with Crippen LogP contribution in [0.25, 0.3) is 0 Å². The number of carbonyl (C=O) groups excluding carboxylic acids is 1. The van der Waals surface area contributed by atoms with Crippen molar-refractivity contribution < 1.29 is 14.4 Å². The summed E-state index contributed by atoms with van der Waals surface area (Å²) in [6, 6.07) is -0.0225. The van der Waals surface area contributed by atoms with Crippen LogP contribution in [-0.2, 0) is 14.4 Å². The number of ether oxygens (including phenoxy) is 1. The first-order valence-electron chi connectivity index (χ1n) is 6.66. The largest absolute Gasteiger partial charge is 0.395 e. The van der Waals surface area contributed by atoms with E-state index in [1.165, 1.54) is 12.8 Å². The Balaban J connectivity index is 2.27. The molecule has 0 aromatic carbocycles. The van der Waals surface area contributed by atoms with Gasteiger partial charge in [0.05, 0.1) is 6.61 Å². The molecule has 1 aliphatic rings. The minimum Gasteiger partial charge on any atom is -0.395 e. The Hall–Kier alpha value is -1.10. The zero-order valence-electron chi connectivity index (χ0n) is 11.6. The fraction of sp³-hybridized carbons (Fsp3) is 0.846. The quantitative estimate of drug-likeness (QED) is 0.388. The van der Waals surface area contributed by atoms with Crippen LogP contribution >= 0.6 is 0 Å². The molecule has 1 N–H and O–H groups in total. The van der Waals surface area contributed by atoms with Crippen molar-refractivity contribution in [3.05, 3.63) is 0 Å². The third-order valence-corrected chi connectivity index (χ3v) is 2.88. The van der Waals surface area contributed by atoms with Crippen LogP contribution in [-0.4, -0.2) is 38.0 Å². The van der Waals surface area contributed by atoms with Crippen LogP contribution < -0.4 is 5.32 Å². The number of rotatable bonds is 9. The van der Waals surface area contributed by atoms with Gasteiger partial charge in [-0.1, -0.05) is 24.9 Å². The second-order valence-corrected chi connectivity index (χ2v) is 4.79. The third kappa shape index (κ3) is 6.00. The zero-order valence-corrected chi connectivity index (χ0v) is 11.6. The molecule has 1 fully saturated rings. The fourth-order valence-corrected chi connectivity index (χ4v) is 1.61. The van der Waals surface area contributed by atoms with Gasteiger partial charge in [0.1, 0.15) is 12.3 Å². The highest BCUT2D eigenvalue weighted by Crippen LogP contribution is 2.32. The van der Waals surface area contributed by atoms with Crippen molar-refractivity contribution in [1.82, 2.24) is 5.32 Å². The van der Waals surface area contributed by atoms with E-state index in [-0.39, 0.29) is 11.9 Å². The van der Waals surface area contributed by atoms with Gasteiger partial charge in [0.15, 0.2) is 0 Å². The lowest BCUT2D eigenvalue weighted by molar-refractivity contribution is -0.116. The Morgan fingerprint density at radius 2 is 2.22 bits per heavy atom. The van der Waals surface area contributed by atoms with Crippen molar-refractivity contribution >= 4 is 11.6 Å². The average molecular weight is 256 g/mol. The predicted molar refractivity (Wildman–Crippen MR) is 70.5 cm³/mol. The Labute approximate surface area is 109 Å². The van der Waals surface area contributed by atoms with Crippen molar-refractivity contribution in [2.24, 2.45) is 11.1 Å². The van der Waals surface area contributed by atoms with Gasteiger partial charge in [0.25, 0.3) is 5.91 Å². The molecule has 0 bridgehead atoms. The molecule has 0 saturated heterocycles. The van der Waals surface area contributed by atoms with E-state index in [1.54, 1.807) is 7.11 Å². The molecule has 0 aromatic heterocycles. The van der Waals surface area contributed by atoms with Crippen molar-refractivity contribution in [2.75, 3.05) is 20.3 Å². The molecule has 0 aliphatic heterocycles. The summed E-state index contributed by atoms with van der Waals surface area (Å²) < 4.78 is 4.96. The van der Waals surface area contributed by atoms with E-state index in [1.807, 2.05) is 13.8 Å². The Bertz CT molecular complexity index is 288. The molecule has 104 valence electrons. The van der Waals surface area contributed by atoms with Gasteiger partial charge in [-0.05, 0) is 25.7 Å². The van der Waals surface area contributed by atoms with Crippen LogP contribution in [0.1, 0.15) is 39.5 Å². The van der Waals surface area contributed by atoms with E-state index in [2.05, 4.69) is 10.5 Å². The molecule has 0 spiro atoms. The minimum absolute atomic E-state index is 0.0225. The minimum atomic E-state index is -0.173. The van der Waals surface area contributed by atoms with Crippen molar-refractivity contribution in [1.29, 1.82) is 0 Å². The zero-order chi connectivity index (χ0) is 13.4. The molecule has 5 nitrogen and oxygen atoms in total. The highest BCUT2D eigenvalue weighted by atomic mass is 16.6. The van der Waals surface area contributed by atoms with Crippen LogP contribution in [0.15, 0.2) is 5.16 Å². The van der Waals surface area contributed by atoms with E-state index in [4.69, 9.17) is 9.57 Å². The number of hydrogen-bond donors (Lipinski definition) is 1. The molecule has 1 unspecified atom stereocenters. The molecule has 1 saturated carbocycles. The van der Waals surface area contributed by atoms with E-state index in [0.29, 0.717) is 25.3 Å². The lowest BCUT2D eigenvalue weighted by Gasteiger charge is -2.13. The summed E-state index contributed by atoms with van der Waals surface area (Å²) in [6.45, 7) is 4.88. The maximum Gasteiger partial charge on any atom is 0.269 e. The highest BCUT2D eigenvalue weighted by Gasteiger charge is 2.20. The Morgan fingerprint density at radius 3 is 2.78 bits per heavy atom. The number of nitrogens with zero attached hydrogens (tertiary/aromatic N) is 1. The van der Waals surface area contributed by atoms with E-state index < -0.39 is 0 Å². The maximum absolute atomic E-state index is 11.8. The van der Waals surface area contributed by atoms with Gasteiger partial charge in [0, 0.05) is 13.2 Å². The van der Waals surface area contributed by atoms with Crippen LogP contribution in [0.4, 0.5) is 0 Å². The number of oxime groups is 1. The number of amides is 1. The van der Waals surface area contributed by atoms with E-state index in [0.717, 1.165) is 12.3 Å². The summed E-state index contributed by atoms with van der Waals surface area (Å²) in [7, 11) is 1.61. The number of methoxy groups -OCH3 is 1. The second-order valence-electron chi connectivity index (χ2n) is 4.79. The maximum atomic E-state index is 11.8. The first-order chi connectivity index (χ1) is 8.67. The monoisotopic (exact) mass is 256 g/mol. The topological polar surface area (TPSA) is 59.9 Å². The molecule has 0 heterocycles. The lowest BCUT2D eigenvalue weighted by Crippen LogP contribution is -2.39. The Kier molecular flexibility index (Phi) is 6.72. The first-order valence-corrected chi connectivity index (χ1v) is 6.66. The standard InChI is InChI=1S/C13H24N2O3/c1-4-12(13(16)14-10(2)9-17-3)15-18-8-7-11-5-6-11/h10-11H,4-9H2,1-3H3,(H,14,16)/b15-12+. The number of carbonyl (C=O) groups is 1. The summed E-state index contributed by atoms with van der Waals surface area (Å²) in [5.41, 5.74) is 0.439.